The summed E-state index contributed by atoms with van der Waals surface area (Å²) in [5.41, 5.74) is 2.53. The van der Waals surface area contributed by atoms with Crippen molar-refractivity contribution in [2.75, 3.05) is 0 Å². The number of fused-ring (bicyclic) bond motifs is 1. The standard InChI is InChI=1S/C17H19NO2/c1-11-6-8-13(9-7-11)20-16-10-12(2)18-17-14(16)4-3-5-15(17)19/h5-6,8-11,19H,3-4,7H2,1-2H3. The number of hydrogen-bond acceptors (Lipinski definition) is 3. The predicted octanol–water partition coefficient (Wildman–Crippen LogP) is 4.09. The Bertz CT molecular complexity index is 626. The summed E-state index contributed by atoms with van der Waals surface area (Å²) in [6.07, 6.45) is 10.8. The maximum absolute atomic E-state index is 9.97. The van der Waals surface area contributed by atoms with Crippen LogP contribution in [0.1, 0.15) is 36.7 Å². The molecule has 0 spiro atoms. The highest BCUT2D eigenvalue weighted by molar-refractivity contribution is 5.64. The molecule has 0 bridgehead atoms. The van der Waals surface area contributed by atoms with Crippen LogP contribution in [0, 0.1) is 12.8 Å². The summed E-state index contributed by atoms with van der Waals surface area (Å²) in [5, 5.41) is 9.97. The second-order valence-corrected chi connectivity index (χ2v) is 5.50. The summed E-state index contributed by atoms with van der Waals surface area (Å²) in [5.74, 6) is 2.53. The van der Waals surface area contributed by atoms with Crippen molar-refractivity contribution >= 4 is 5.76 Å². The third kappa shape index (κ3) is 2.48. The number of nitrogens with zero attached hydrogens (tertiary/aromatic N) is 1. The van der Waals surface area contributed by atoms with Gasteiger partial charge in [-0.1, -0.05) is 13.0 Å². The number of aliphatic hydroxyl groups is 1. The molecule has 1 aromatic rings. The summed E-state index contributed by atoms with van der Waals surface area (Å²) in [6, 6.07) is 1.95. The molecule has 0 aromatic carbocycles. The predicted molar refractivity (Wildman–Crippen MR) is 79.5 cm³/mol. The zero-order valence-electron chi connectivity index (χ0n) is 11.9. The molecule has 0 radical (unpaired) electrons. The van der Waals surface area contributed by atoms with Crippen LogP contribution in [0.4, 0.5) is 0 Å². The molecule has 3 heteroatoms. The van der Waals surface area contributed by atoms with Crippen LogP contribution < -0.4 is 4.74 Å². The molecule has 1 N–H and O–H groups in total. The van der Waals surface area contributed by atoms with Gasteiger partial charge < -0.3 is 9.84 Å². The average molecular weight is 269 g/mol. The molecule has 1 atom stereocenters. The fourth-order valence-electron chi connectivity index (χ4n) is 2.57. The van der Waals surface area contributed by atoms with Gasteiger partial charge in [-0.3, -0.25) is 0 Å². The Kier molecular flexibility index (Phi) is 3.35. The Morgan fingerprint density at radius 2 is 2.20 bits per heavy atom. The van der Waals surface area contributed by atoms with Crippen LogP contribution in [0.3, 0.4) is 0 Å². The minimum absolute atomic E-state index is 0.265. The molecule has 0 amide bonds. The highest BCUT2D eigenvalue weighted by Crippen LogP contribution is 2.33. The number of hydrogen-bond donors (Lipinski definition) is 1. The number of ether oxygens (including phenoxy) is 1. The van der Waals surface area contributed by atoms with E-state index in [1.807, 2.05) is 25.1 Å². The first-order chi connectivity index (χ1) is 9.63. The highest BCUT2D eigenvalue weighted by atomic mass is 16.5. The van der Waals surface area contributed by atoms with Crippen molar-refractivity contribution in [3.63, 3.8) is 0 Å². The third-order valence-electron chi connectivity index (χ3n) is 3.69. The van der Waals surface area contributed by atoms with Gasteiger partial charge in [0.15, 0.2) is 0 Å². The van der Waals surface area contributed by atoms with Crippen LogP contribution in [0.25, 0.3) is 5.76 Å². The van der Waals surface area contributed by atoms with Crippen molar-refractivity contribution < 1.29 is 9.84 Å². The van der Waals surface area contributed by atoms with E-state index < -0.39 is 0 Å². The van der Waals surface area contributed by atoms with Gasteiger partial charge in [0.05, 0.1) is 0 Å². The van der Waals surface area contributed by atoms with Crippen molar-refractivity contribution in [1.29, 1.82) is 0 Å². The molecule has 0 saturated heterocycles. The molecule has 3 rings (SSSR count). The van der Waals surface area contributed by atoms with Crippen molar-refractivity contribution in [2.45, 2.75) is 33.1 Å². The molecule has 104 valence electrons. The van der Waals surface area contributed by atoms with Crippen molar-refractivity contribution in [3.05, 3.63) is 53.1 Å². The molecular weight excluding hydrogens is 250 g/mol. The monoisotopic (exact) mass is 269 g/mol. The SMILES string of the molecule is Cc1cc(OC2=CCC(C)C=C2)c2c(n1)C(O)=CCC2. The fraction of sp³-hybridized carbons (Fsp3) is 0.353. The third-order valence-corrected chi connectivity index (χ3v) is 3.69. The number of aryl methyl sites for hydroxylation is 1. The van der Waals surface area contributed by atoms with Crippen molar-refractivity contribution in [3.8, 4) is 5.75 Å². The van der Waals surface area contributed by atoms with Crippen LogP contribution in [0.15, 0.2) is 36.1 Å². The summed E-state index contributed by atoms with van der Waals surface area (Å²) < 4.78 is 6.03. The van der Waals surface area contributed by atoms with E-state index in [0.29, 0.717) is 11.6 Å². The van der Waals surface area contributed by atoms with E-state index in [1.54, 1.807) is 0 Å². The van der Waals surface area contributed by atoms with Crippen LogP contribution in [-0.2, 0) is 6.42 Å². The lowest BCUT2D eigenvalue weighted by Crippen LogP contribution is -2.08. The van der Waals surface area contributed by atoms with E-state index in [1.165, 1.54) is 0 Å². The Balaban J connectivity index is 1.95. The molecule has 0 fully saturated rings. The largest absolute Gasteiger partial charge is 0.506 e. The minimum Gasteiger partial charge on any atom is -0.506 e. The van der Waals surface area contributed by atoms with Gasteiger partial charge in [0, 0.05) is 17.3 Å². The van der Waals surface area contributed by atoms with Gasteiger partial charge in [-0.05, 0) is 50.3 Å². The van der Waals surface area contributed by atoms with E-state index in [4.69, 9.17) is 4.74 Å². The molecule has 20 heavy (non-hydrogen) atoms. The Hall–Kier alpha value is -2.03. The van der Waals surface area contributed by atoms with Crippen LogP contribution >= 0.6 is 0 Å². The topological polar surface area (TPSA) is 42.4 Å². The number of rotatable bonds is 2. The second kappa shape index (κ2) is 5.16. The highest BCUT2D eigenvalue weighted by Gasteiger charge is 2.19. The van der Waals surface area contributed by atoms with Gasteiger partial charge in [0.25, 0.3) is 0 Å². The van der Waals surface area contributed by atoms with Gasteiger partial charge in [0.2, 0.25) is 0 Å². The summed E-state index contributed by atoms with van der Waals surface area (Å²) in [4.78, 5) is 4.42. The molecule has 1 aromatic heterocycles. The maximum Gasteiger partial charge on any atom is 0.137 e. The fourth-order valence-corrected chi connectivity index (χ4v) is 2.57. The maximum atomic E-state index is 9.97. The number of pyridine rings is 1. The van der Waals surface area contributed by atoms with Crippen LogP contribution in [-0.4, -0.2) is 10.1 Å². The first-order valence-corrected chi connectivity index (χ1v) is 7.09. The van der Waals surface area contributed by atoms with Gasteiger partial charge in [0.1, 0.15) is 23.0 Å². The van der Waals surface area contributed by atoms with Crippen LogP contribution in [0.2, 0.25) is 0 Å². The Morgan fingerprint density at radius 1 is 1.35 bits per heavy atom. The average Bonchev–Trinajstić information content (AvgIpc) is 2.42. The molecule has 0 saturated carbocycles. The molecule has 1 unspecified atom stereocenters. The quantitative estimate of drug-likeness (QED) is 0.879. The normalized spacial score (nSPS) is 21.0. The van der Waals surface area contributed by atoms with Gasteiger partial charge in [-0.25, -0.2) is 4.98 Å². The molecule has 3 nitrogen and oxygen atoms in total. The molecule has 1 heterocycles. The smallest absolute Gasteiger partial charge is 0.137 e. The first kappa shape index (κ1) is 13.0. The molecule has 2 aliphatic carbocycles. The number of aliphatic hydroxyl groups excluding tert-OH is 1. The summed E-state index contributed by atoms with van der Waals surface area (Å²) in [6.45, 7) is 4.10. The van der Waals surface area contributed by atoms with Gasteiger partial charge in [-0.2, -0.15) is 0 Å². The molecular formula is C17H19NO2. The van der Waals surface area contributed by atoms with E-state index in [9.17, 15) is 5.11 Å². The van der Waals surface area contributed by atoms with Crippen LogP contribution in [0.5, 0.6) is 5.75 Å². The van der Waals surface area contributed by atoms with Crippen molar-refractivity contribution in [2.24, 2.45) is 5.92 Å². The lowest BCUT2D eigenvalue weighted by Gasteiger charge is -2.19. The zero-order valence-corrected chi connectivity index (χ0v) is 11.9. The molecule has 2 aliphatic rings. The zero-order chi connectivity index (χ0) is 14.1. The van der Waals surface area contributed by atoms with E-state index in [2.05, 4.69) is 24.1 Å². The Morgan fingerprint density at radius 3 is 2.95 bits per heavy atom. The summed E-state index contributed by atoms with van der Waals surface area (Å²) >= 11 is 0. The van der Waals surface area contributed by atoms with E-state index in [0.717, 1.165) is 42.0 Å². The number of aromatic nitrogens is 1. The lowest BCUT2D eigenvalue weighted by molar-refractivity contribution is 0.425. The Labute approximate surface area is 119 Å². The number of allylic oxidation sites excluding steroid dienone is 4. The van der Waals surface area contributed by atoms with Gasteiger partial charge >= 0.3 is 0 Å². The van der Waals surface area contributed by atoms with Gasteiger partial charge in [-0.15, -0.1) is 0 Å². The first-order valence-electron chi connectivity index (χ1n) is 7.09. The second-order valence-electron chi connectivity index (χ2n) is 5.50. The minimum atomic E-state index is 0.265. The van der Waals surface area contributed by atoms with E-state index in [-0.39, 0.29) is 5.76 Å². The van der Waals surface area contributed by atoms with Crippen molar-refractivity contribution in [1.82, 2.24) is 4.98 Å². The molecule has 0 aliphatic heterocycles. The summed E-state index contributed by atoms with van der Waals surface area (Å²) in [7, 11) is 0. The van der Waals surface area contributed by atoms with E-state index >= 15 is 0 Å². The lowest BCUT2D eigenvalue weighted by atomic mass is 9.99.